The number of hydrogen-bond donors (Lipinski definition) is 2. The van der Waals surface area contributed by atoms with E-state index in [2.05, 4.69) is 21.0 Å². The van der Waals surface area contributed by atoms with Crippen LogP contribution < -0.4 is 5.73 Å². The van der Waals surface area contributed by atoms with Crippen molar-refractivity contribution in [1.29, 1.82) is 0 Å². The second-order valence-electron chi connectivity index (χ2n) is 3.83. The van der Waals surface area contributed by atoms with Gasteiger partial charge in [-0.3, -0.25) is 4.68 Å². The number of hydrogen-bond acceptors (Lipinski definition) is 3. The van der Waals surface area contributed by atoms with Crippen LogP contribution in [0.3, 0.4) is 0 Å². The van der Waals surface area contributed by atoms with Crippen LogP contribution in [0.1, 0.15) is 24.1 Å². The Balaban J connectivity index is 2.58. The van der Waals surface area contributed by atoms with Gasteiger partial charge in [-0.15, -0.1) is 0 Å². The number of aliphatic hydroxyl groups is 1. The van der Waals surface area contributed by atoms with E-state index >= 15 is 0 Å². The Hall–Kier alpha value is -0.390. The monoisotopic (exact) mass is 259 g/mol. The Morgan fingerprint density at radius 3 is 3.07 bits per heavy atom. The molecule has 1 aliphatic rings. The summed E-state index contributed by atoms with van der Waals surface area (Å²) in [4.78, 5) is 0. The summed E-state index contributed by atoms with van der Waals surface area (Å²) < 4.78 is 2.59. The molecule has 0 spiro atoms. The van der Waals surface area contributed by atoms with Crippen LogP contribution in [-0.4, -0.2) is 21.4 Å². The number of halogens is 1. The van der Waals surface area contributed by atoms with Crippen molar-refractivity contribution in [1.82, 2.24) is 9.78 Å². The van der Waals surface area contributed by atoms with E-state index in [1.54, 1.807) is 4.68 Å². The van der Waals surface area contributed by atoms with Crippen molar-refractivity contribution in [2.75, 3.05) is 6.54 Å². The molecule has 1 aromatic heterocycles. The normalized spacial score (nSPS) is 26.3. The maximum Gasteiger partial charge on any atom is 0.110 e. The Labute approximate surface area is 91.2 Å². The molecule has 2 rings (SSSR count). The van der Waals surface area contributed by atoms with Gasteiger partial charge in [0.05, 0.1) is 5.69 Å². The second-order valence-corrected chi connectivity index (χ2v) is 4.58. The molecule has 3 N–H and O–H groups in total. The van der Waals surface area contributed by atoms with E-state index in [-0.39, 0.29) is 6.54 Å². The molecule has 0 saturated heterocycles. The predicted molar refractivity (Wildman–Crippen MR) is 56.8 cm³/mol. The van der Waals surface area contributed by atoms with E-state index in [1.165, 1.54) is 0 Å². The highest BCUT2D eigenvalue weighted by Crippen LogP contribution is 2.38. The smallest absolute Gasteiger partial charge is 0.110 e. The van der Waals surface area contributed by atoms with Crippen molar-refractivity contribution < 1.29 is 5.11 Å². The molecule has 1 heterocycles. The first-order chi connectivity index (χ1) is 6.58. The van der Waals surface area contributed by atoms with Gasteiger partial charge in [-0.25, -0.2) is 0 Å². The van der Waals surface area contributed by atoms with Gasteiger partial charge >= 0.3 is 0 Å². The number of aryl methyl sites for hydroxylation is 2. The van der Waals surface area contributed by atoms with Crippen LogP contribution in [0.25, 0.3) is 0 Å². The highest BCUT2D eigenvalue weighted by Gasteiger charge is 2.37. The Bertz CT molecular complexity index is 363. The van der Waals surface area contributed by atoms with Gasteiger partial charge in [-0.1, -0.05) is 0 Å². The number of fused-ring (bicyclic) bond motifs is 1. The third-order valence-electron chi connectivity index (χ3n) is 2.86. The molecular formula is C9H14BrN3O. The number of nitrogens with two attached hydrogens (primary N) is 1. The lowest BCUT2D eigenvalue weighted by Crippen LogP contribution is -2.38. The molecule has 1 aliphatic carbocycles. The van der Waals surface area contributed by atoms with E-state index in [4.69, 9.17) is 5.73 Å². The van der Waals surface area contributed by atoms with Gasteiger partial charge in [0.15, 0.2) is 0 Å². The van der Waals surface area contributed by atoms with Gasteiger partial charge in [0.2, 0.25) is 0 Å². The van der Waals surface area contributed by atoms with Gasteiger partial charge in [0, 0.05) is 19.2 Å². The predicted octanol–water partition coefficient (Wildman–Crippen LogP) is 0.665. The maximum atomic E-state index is 10.3. The Kier molecular flexibility index (Phi) is 2.41. The molecule has 78 valence electrons. The quantitative estimate of drug-likeness (QED) is 0.779. The summed E-state index contributed by atoms with van der Waals surface area (Å²) in [6, 6.07) is 0. The average molecular weight is 260 g/mol. The van der Waals surface area contributed by atoms with Gasteiger partial charge in [0.25, 0.3) is 0 Å². The zero-order valence-electron chi connectivity index (χ0n) is 8.13. The first kappa shape index (κ1) is 10.1. The van der Waals surface area contributed by atoms with Gasteiger partial charge in [-0.2, -0.15) is 5.10 Å². The molecule has 1 aromatic rings. The number of rotatable bonds is 1. The third kappa shape index (κ3) is 1.31. The third-order valence-corrected chi connectivity index (χ3v) is 3.77. The highest BCUT2D eigenvalue weighted by atomic mass is 79.9. The summed E-state index contributed by atoms with van der Waals surface area (Å²) in [6.45, 7) is 0.254. The molecule has 1 unspecified atom stereocenters. The topological polar surface area (TPSA) is 64.1 Å². The van der Waals surface area contributed by atoms with Crippen LogP contribution in [0, 0.1) is 0 Å². The van der Waals surface area contributed by atoms with Gasteiger partial charge < -0.3 is 10.8 Å². The van der Waals surface area contributed by atoms with Crippen molar-refractivity contribution >= 4 is 15.9 Å². The largest absolute Gasteiger partial charge is 0.384 e. The van der Waals surface area contributed by atoms with Gasteiger partial charge in [0.1, 0.15) is 10.2 Å². The minimum absolute atomic E-state index is 0.254. The molecule has 1 atom stereocenters. The van der Waals surface area contributed by atoms with Crippen LogP contribution in [-0.2, 0) is 19.1 Å². The van der Waals surface area contributed by atoms with Crippen LogP contribution in [0.15, 0.2) is 4.60 Å². The molecule has 0 bridgehead atoms. The van der Waals surface area contributed by atoms with Crippen LogP contribution in [0.4, 0.5) is 0 Å². The fourth-order valence-electron chi connectivity index (χ4n) is 2.07. The SMILES string of the molecule is Cn1nc2c(c1Br)C(O)(CN)CCC2. The molecule has 14 heavy (non-hydrogen) atoms. The maximum absolute atomic E-state index is 10.3. The van der Waals surface area contributed by atoms with E-state index in [9.17, 15) is 5.11 Å². The van der Waals surface area contributed by atoms with Crippen LogP contribution in [0.2, 0.25) is 0 Å². The van der Waals surface area contributed by atoms with Gasteiger partial charge in [-0.05, 0) is 35.2 Å². The zero-order chi connectivity index (χ0) is 10.3. The average Bonchev–Trinajstić information content (AvgIpc) is 2.44. The van der Waals surface area contributed by atoms with Crippen molar-refractivity contribution in [3.05, 3.63) is 15.9 Å². The summed E-state index contributed by atoms with van der Waals surface area (Å²) in [5.41, 5.74) is 6.59. The molecule has 0 fully saturated rings. The summed E-state index contributed by atoms with van der Waals surface area (Å²) in [5, 5.41) is 14.7. The molecule has 0 amide bonds. The molecule has 0 saturated carbocycles. The first-order valence-electron chi connectivity index (χ1n) is 4.73. The molecule has 0 aromatic carbocycles. The minimum atomic E-state index is -0.888. The van der Waals surface area contributed by atoms with E-state index in [1.807, 2.05) is 7.05 Å². The molecular weight excluding hydrogens is 246 g/mol. The zero-order valence-corrected chi connectivity index (χ0v) is 9.71. The fraction of sp³-hybridized carbons (Fsp3) is 0.667. The fourth-order valence-corrected chi connectivity index (χ4v) is 2.75. The van der Waals surface area contributed by atoms with Crippen LogP contribution in [0.5, 0.6) is 0 Å². The van der Waals surface area contributed by atoms with E-state index in [0.717, 1.165) is 35.1 Å². The lowest BCUT2D eigenvalue weighted by molar-refractivity contribution is 0.0271. The lowest BCUT2D eigenvalue weighted by Gasteiger charge is -2.30. The number of nitrogens with zero attached hydrogens (tertiary/aromatic N) is 2. The van der Waals surface area contributed by atoms with Crippen molar-refractivity contribution in [2.24, 2.45) is 12.8 Å². The molecule has 5 heteroatoms. The standard InChI is InChI=1S/C9H14BrN3O/c1-13-8(10)7-6(12-13)3-2-4-9(7,14)5-11/h14H,2-5,11H2,1H3. The second kappa shape index (κ2) is 3.32. The molecule has 0 radical (unpaired) electrons. The summed E-state index contributed by atoms with van der Waals surface area (Å²) in [6.07, 6.45) is 2.60. The van der Waals surface area contributed by atoms with Crippen molar-refractivity contribution in [3.63, 3.8) is 0 Å². The van der Waals surface area contributed by atoms with Crippen molar-refractivity contribution in [3.8, 4) is 0 Å². The van der Waals surface area contributed by atoms with Crippen molar-refractivity contribution in [2.45, 2.75) is 24.9 Å². The highest BCUT2D eigenvalue weighted by molar-refractivity contribution is 9.10. The van der Waals surface area contributed by atoms with E-state index < -0.39 is 5.60 Å². The number of aromatic nitrogens is 2. The summed E-state index contributed by atoms with van der Waals surface area (Å²) in [5.74, 6) is 0. The van der Waals surface area contributed by atoms with E-state index in [0.29, 0.717) is 0 Å². The summed E-state index contributed by atoms with van der Waals surface area (Å²) in [7, 11) is 1.86. The molecule has 4 nitrogen and oxygen atoms in total. The summed E-state index contributed by atoms with van der Waals surface area (Å²) >= 11 is 3.44. The first-order valence-corrected chi connectivity index (χ1v) is 5.52. The minimum Gasteiger partial charge on any atom is -0.384 e. The lowest BCUT2D eigenvalue weighted by atomic mass is 9.83. The Morgan fingerprint density at radius 2 is 2.43 bits per heavy atom. The van der Waals surface area contributed by atoms with Crippen LogP contribution >= 0.6 is 15.9 Å². The Morgan fingerprint density at radius 1 is 1.71 bits per heavy atom. The molecule has 0 aliphatic heterocycles.